The molecule has 138 valence electrons. The van der Waals surface area contributed by atoms with Gasteiger partial charge >= 0.3 is 0 Å². The summed E-state index contributed by atoms with van der Waals surface area (Å²) in [6, 6.07) is 7.38. The van der Waals surface area contributed by atoms with Crippen LogP contribution in [0.25, 0.3) is 10.9 Å². The van der Waals surface area contributed by atoms with Crippen LogP contribution in [0.4, 0.5) is 0 Å². The molecule has 3 aromatic rings. The molecule has 0 saturated carbocycles. The van der Waals surface area contributed by atoms with Crippen molar-refractivity contribution in [3.8, 4) is 5.75 Å². The molecule has 0 bridgehead atoms. The van der Waals surface area contributed by atoms with Crippen LogP contribution >= 0.6 is 11.6 Å². The third-order valence-corrected chi connectivity index (χ3v) is 4.25. The lowest BCUT2D eigenvalue weighted by molar-refractivity contribution is -0.130. The molecule has 2 heterocycles. The summed E-state index contributed by atoms with van der Waals surface area (Å²) >= 11 is 6.30. The van der Waals surface area contributed by atoms with E-state index in [2.05, 4.69) is 15.5 Å². The first-order valence-corrected chi connectivity index (χ1v) is 8.50. The van der Waals surface area contributed by atoms with Crippen LogP contribution in [0.2, 0.25) is 5.02 Å². The highest BCUT2D eigenvalue weighted by atomic mass is 35.5. The molecule has 0 aliphatic heterocycles. The minimum absolute atomic E-state index is 0.171. The van der Waals surface area contributed by atoms with Gasteiger partial charge in [-0.05, 0) is 26.0 Å². The van der Waals surface area contributed by atoms with Crippen molar-refractivity contribution in [3.63, 3.8) is 0 Å². The molecule has 2 aromatic heterocycles. The van der Waals surface area contributed by atoms with Crippen molar-refractivity contribution in [2.75, 3.05) is 7.11 Å². The van der Waals surface area contributed by atoms with Gasteiger partial charge in [-0.2, -0.15) is 0 Å². The predicted molar refractivity (Wildman–Crippen MR) is 97.2 cm³/mol. The summed E-state index contributed by atoms with van der Waals surface area (Å²) in [6.07, 6.45) is -0.492. The van der Waals surface area contributed by atoms with Crippen molar-refractivity contribution >= 4 is 28.4 Å². The normalized spacial score (nSPS) is 12.3. The first kappa shape index (κ1) is 18.3. The van der Waals surface area contributed by atoms with Crippen LogP contribution in [0.5, 0.6) is 5.75 Å². The number of rotatable bonds is 7. The standard InChI is InChI=1S/C18H20ClN3O4/c1-10-4-14(26-22-10)9-25-17-7-16-12(6-15(17)19)5-13(21-16)8-20-18(23)11(2)24-3/h4-7,11,21H,8-9H2,1-3H3,(H,20,23)/t11-/m0/s1. The van der Waals surface area contributed by atoms with Gasteiger partial charge in [0.25, 0.3) is 0 Å². The summed E-state index contributed by atoms with van der Waals surface area (Å²) in [6.45, 7) is 4.15. The molecule has 2 N–H and O–H groups in total. The van der Waals surface area contributed by atoms with Gasteiger partial charge in [0, 0.05) is 35.8 Å². The third kappa shape index (κ3) is 4.17. The van der Waals surface area contributed by atoms with Crippen LogP contribution < -0.4 is 10.1 Å². The zero-order valence-electron chi connectivity index (χ0n) is 14.8. The SMILES string of the molecule is CO[C@@H](C)C(=O)NCc1cc2cc(Cl)c(OCc3cc(C)no3)cc2[nH]1. The monoisotopic (exact) mass is 377 g/mol. The van der Waals surface area contributed by atoms with Crippen molar-refractivity contribution in [2.24, 2.45) is 0 Å². The van der Waals surface area contributed by atoms with Gasteiger partial charge in [0.2, 0.25) is 5.91 Å². The maximum Gasteiger partial charge on any atom is 0.249 e. The topological polar surface area (TPSA) is 89.4 Å². The summed E-state index contributed by atoms with van der Waals surface area (Å²) in [7, 11) is 1.50. The Morgan fingerprint density at radius 1 is 1.38 bits per heavy atom. The number of hydrogen-bond donors (Lipinski definition) is 2. The molecule has 1 amide bonds. The molecule has 0 saturated heterocycles. The van der Waals surface area contributed by atoms with E-state index in [1.165, 1.54) is 7.11 Å². The van der Waals surface area contributed by atoms with Gasteiger partial charge in [-0.25, -0.2) is 0 Å². The first-order chi connectivity index (χ1) is 12.5. The maximum absolute atomic E-state index is 11.8. The number of carbonyl (C=O) groups is 1. The van der Waals surface area contributed by atoms with Crippen LogP contribution in [-0.4, -0.2) is 29.3 Å². The lowest BCUT2D eigenvalue weighted by Gasteiger charge is -2.09. The molecule has 26 heavy (non-hydrogen) atoms. The van der Waals surface area contributed by atoms with Crippen LogP contribution in [0, 0.1) is 6.92 Å². The Bertz CT molecular complexity index is 918. The molecule has 1 aromatic carbocycles. The molecule has 0 radical (unpaired) electrons. The third-order valence-electron chi connectivity index (χ3n) is 3.95. The molecule has 0 spiro atoms. The van der Waals surface area contributed by atoms with Crippen molar-refractivity contribution in [3.05, 3.63) is 46.4 Å². The Morgan fingerprint density at radius 2 is 2.19 bits per heavy atom. The van der Waals surface area contributed by atoms with Gasteiger partial charge in [0.15, 0.2) is 5.76 Å². The van der Waals surface area contributed by atoms with E-state index >= 15 is 0 Å². The summed E-state index contributed by atoms with van der Waals surface area (Å²) in [4.78, 5) is 15.0. The zero-order chi connectivity index (χ0) is 18.7. The van der Waals surface area contributed by atoms with Crippen molar-refractivity contribution in [2.45, 2.75) is 33.1 Å². The minimum atomic E-state index is -0.492. The van der Waals surface area contributed by atoms with Crippen molar-refractivity contribution in [1.29, 1.82) is 0 Å². The van der Waals surface area contributed by atoms with E-state index in [9.17, 15) is 4.79 Å². The average Bonchev–Trinajstić information content (AvgIpc) is 3.22. The number of carbonyl (C=O) groups excluding carboxylic acids is 1. The number of methoxy groups -OCH3 is 1. The number of halogens is 1. The number of ether oxygens (including phenoxy) is 2. The Morgan fingerprint density at radius 3 is 2.88 bits per heavy atom. The second-order valence-electron chi connectivity index (χ2n) is 5.98. The molecule has 0 aliphatic carbocycles. The van der Waals surface area contributed by atoms with Crippen molar-refractivity contribution < 1.29 is 18.8 Å². The summed E-state index contributed by atoms with van der Waals surface area (Å²) in [5.41, 5.74) is 2.52. The number of nitrogens with zero attached hydrogens (tertiary/aromatic N) is 1. The molecule has 0 unspecified atom stereocenters. The van der Waals surface area contributed by atoms with E-state index < -0.39 is 6.10 Å². The first-order valence-electron chi connectivity index (χ1n) is 8.13. The smallest absolute Gasteiger partial charge is 0.249 e. The van der Waals surface area contributed by atoms with Crippen molar-refractivity contribution in [1.82, 2.24) is 15.5 Å². The highest BCUT2D eigenvalue weighted by molar-refractivity contribution is 6.32. The number of aromatic amines is 1. The minimum Gasteiger partial charge on any atom is -0.484 e. The summed E-state index contributed by atoms with van der Waals surface area (Å²) < 4.78 is 15.8. The van der Waals surface area contributed by atoms with Crippen LogP contribution in [0.15, 0.2) is 28.8 Å². The number of hydrogen-bond acceptors (Lipinski definition) is 5. The van der Waals surface area contributed by atoms with Gasteiger partial charge in [-0.3, -0.25) is 4.79 Å². The second kappa shape index (κ2) is 7.80. The lowest BCUT2D eigenvalue weighted by Crippen LogP contribution is -2.33. The Kier molecular flexibility index (Phi) is 5.49. The van der Waals surface area contributed by atoms with E-state index in [1.807, 2.05) is 31.2 Å². The summed E-state index contributed by atoms with van der Waals surface area (Å²) in [5, 5.41) is 8.06. The highest BCUT2D eigenvalue weighted by Crippen LogP contribution is 2.31. The Hall–Kier alpha value is -2.51. The van der Waals surface area contributed by atoms with Gasteiger partial charge in [-0.1, -0.05) is 16.8 Å². The second-order valence-corrected chi connectivity index (χ2v) is 6.39. The number of nitrogens with one attached hydrogen (secondary N) is 2. The highest BCUT2D eigenvalue weighted by Gasteiger charge is 2.13. The Labute approximate surface area is 155 Å². The fourth-order valence-corrected chi connectivity index (χ4v) is 2.69. The number of H-pyrrole nitrogens is 1. The fraction of sp³-hybridized carbons (Fsp3) is 0.333. The van der Waals surface area contributed by atoms with E-state index in [4.69, 9.17) is 25.6 Å². The van der Waals surface area contributed by atoms with Crippen LogP contribution in [0.1, 0.15) is 24.1 Å². The predicted octanol–water partition coefficient (Wildman–Crippen LogP) is 3.35. The van der Waals surface area contributed by atoms with Gasteiger partial charge in [0.1, 0.15) is 18.5 Å². The molecule has 1 atom stereocenters. The molecule has 3 rings (SSSR count). The van der Waals surface area contributed by atoms with Gasteiger partial charge in [-0.15, -0.1) is 0 Å². The largest absolute Gasteiger partial charge is 0.484 e. The van der Waals surface area contributed by atoms with Gasteiger partial charge in [0.05, 0.1) is 17.3 Å². The number of aromatic nitrogens is 2. The lowest BCUT2D eigenvalue weighted by atomic mass is 10.2. The number of aryl methyl sites for hydroxylation is 1. The summed E-state index contributed by atoms with van der Waals surface area (Å²) in [5.74, 6) is 0.995. The number of fused-ring (bicyclic) bond motifs is 1. The van der Waals surface area contributed by atoms with E-state index in [-0.39, 0.29) is 12.5 Å². The quantitative estimate of drug-likeness (QED) is 0.659. The molecule has 0 aliphatic rings. The van der Waals surface area contributed by atoms with Crippen LogP contribution in [0.3, 0.4) is 0 Å². The average molecular weight is 378 g/mol. The van der Waals surface area contributed by atoms with E-state index in [1.54, 1.807) is 6.92 Å². The fourth-order valence-electron chi connectivity index (χ4n) is 2.47. The molecule has 0 fully saturated rings. The molecule has 7 nitrogen and oxygen atoms in total. The molecular weight excluding hydrogens is 358 g/mol. The van der Waals surface area contributed by atoms with E-state index in [0.717, 1.165) is 22.3 Å². The van der Waals surface area contributed by atoms with E-state index in [0.29, 0.717) is 23.1 Å². The number of benzene rings is 1. The zero-order valence-corrected chi connectivity index (χ0v) is 15.5. The molecular formula is C18H20ClN3O4. The Balaban J connectivity index is 1.70. The van der Waals surface area contributed by atoms with Crippen LogP contribution in [-0.2, 0) is 22.7 Å². The number of amides is 1. The maximum atomic E-state index is 11.8. The molecule has 8 heteroatoms. The van der Waals surface area contributed by atoms with Gasteiger partial charge < -0.3 is 24.3 Å².